The summed E-state index contributed by atoms with van der Waals surface area (Å²) in [5.41, 5.74) is 0. The van der Waals surface area contributed by atoms with Crippen molar-refractivity contribution in [1.82, 2.24) is 9.97 Å². The standard InChI is InChI=1S/C9H13N3O3/c1-15-8-5-7(11-6-12-8)10-4-2-3-9(13)14/h5-6H,2-4H2,1H3,(H,13,14)(H,10,11,12). The number of hydrogen-bond donors (Lipinski definition) is 2. The molecule has 6 nitrogen and oxygen atoms in total. The van der Waals surface area contributed by atoms with Crippen LogP contribution in [0.5, 0.6) is 5.88 Å². The van der Waals surface area contributed by atoms with Crippen molar-refractivity contribution in [3.8, 4) is 5.88 Å². The van der Waals surface area contributed by atoms with Gasteiger partial charge < -0.3 is 15.2 Å². The van der Waals surface area contributed by atoms with Gasteiger partial charge in [-0.2, -0.15) is 0 Å². The second-order valence-corrected chi connectivity index (χ2v) is 2.87. The number of carboxylic acids is 1. The molecule has 1 aromatic heterocycles. The van der Waals surface area contributed by atoms with Gasteiger partial charge in [-0.05, 0) is 6.42 Å². The van der Waals surface area contributed by atoms with Crippen LogP contribution in [0.1, 0.15) is 12.8 Å². The Kier molecular flexibility index (Phi) is 4.33. The van der Waals surface area contributed by atoms with Crippen molar-refractivity contribution in [2.75, 3.05) is 19.0 Å². The molecule has 0 unspecified atom stereocenters. The molecule has 0 aliphatic rings. The van der Waals surface area contributed by atoms with Gasteiger partial charge in [-0.1, -0.05) is 0 Å². The maximum Gasteiger partial charge on any atom is 0.303 e. The number of carbonyl (C=O) groups is 1. The number of aromatic nitrogens is 2. The van der Waals surface area contributed by atoms with Crippen molar-refractivity contribution < 1.29 is 14.6 Å². The van der Waals surface area contributed by atoms with Crippen LogP contribution in [-0.4, -0.2) is 34.7 Å². The van der Waals surface area contributed by atoms with Crippen LogP contribution in [0.25, 0.3) is 0 Å². The molecule has 0 saturated heterocycles. The van der Waals surface area contributed by atoms with Crippen LogP contribution in [0.2, 0.25) is 0 Å². The molecule has 0 radical (unpaired) electrons. The lowest BCUT2D eigenvalue weighted by Crippen LogP contribution is -2.06. The third-order valence-electron chi connectivity index (χ3n) is 1.72. The molecule has 1 rings (SSSR count). The van der Waals surface area contributed by atoms with Crippen molar-refractivity contribution >= 4 is 11.8 Å². The summed E-state index contributed by atoms with van der Waals surface area (Å²) in [5, 5.41) is 11.4. The number of anilines is 1. The first-order chi connectivity index (χ1) is 7.22. The van der Waals surface area contributed by atoms with Crippen LogP contribution < -0.4 is 10.1 Å². The molecule has 0 aliphatic carbocycles. The minimum atomic E-state index is -0.794. The van der Waals surface area contributed by atoms with Crippen molar-refractivity contribution in [2.24, 2.45) is 0 Å². The fraction of sp³-hybridized carbons (Fsp3) is 0.444. The fourth-order valence-corrected chi connectivity index (χ4v) is 1.00. The van der Waals surface area contributed by atoms with E-state index in [1.54, 1.807) is 6.07 Å². The van der Waals surface area contributed by atoms with Gasteiger partial charge in [-0.25, -0.2) is 9.97 Å². The van der Waals surface area contributed by atoms with E-state index in [4.69, 9.17) is 9.84 Å². The zero-order valence-corrected chi connectivity index (χ0v) is 8.43. The van der Waals surface area contributed by atoms with Crippen molar-refractivity contribution in [1.29, 1.82) is 0 Å². The lowest BCUT2D eigenvalue weighted by molar-refractivity contribution is -0.137. The third-order valence-corrected chi connectivity index (χ3v) is 1.72. The number of nitrogens with zero attached hydrogens (tertiary/aromatic N) is 2. The topological polar surface area (TPSA) is 84.3 Å². The Morgan fingerprint density at radius 1 is 1.60 bits per heavy atom. The third kappa shape index (κ3) is 4.26. The zero-order valence-electron chi connectivity index (χ0n) is 8.43. The molecular weight excluding hydrogens is 198 g/mol. The zero-order chi connectivity index (χ0) is 11.1. The molecule has 0 amide bonds. The van der Waals surface area contributed by atoms with E-state index in [0.29, 0.717) is 24.7 Å². The van der Waals surface area contributed by atoms with Crippen molar-refractivity contribution in [2.45, 2.75) is 12.8 Å². The van der Waals surface area contributed by atoms with Gasteiger partial charge in [0, 0.05) is 19.0 Å². The normalized spacial score (nSPS) is 9.67. The fourth-order valence-electron chi connectivity index (χ4n) is 1.00. The average molecular weight is 211 g/mol. The van der Waals surface area contributed by atoms with Crippen LogP contribution in [0, 0.1) is 0 Å². The Morgan fingerprint density at radius 3 is 3.07 bits per heavy atom. The van der Waals surface area contributed by atoms with Gasteiger partial charge in [0.2, 0.25) is 5.88 Å². The highest BCUT2D eigenvalue weighted by Gasteiger charge is 1.99. The molecule has 0 bridgehead atoms. The summed E-state index contributed by atoms with van der Waals surface area (Å²) in [7, 11) is 1.52. The predicted molar refractivity (Wildman–Crippen MR) is 53.9 cm³/mol. The Morgan fingerprint density at radius 2 is 2.40 bits per heavy atom. The number of rotatable bonds is 6. The maximum absolute atomic E-state index is 10.2. The van der Waals surface area contributed by atoms with Crippen molar-refractivity contribution in [3.63, 3.8) is 0 Å². The van der Waals surface area contributed by atoms with Gasteiger partial charge in [-0.3, -0.25) is 4.79 Å². The molecule has 1 aromatic rings. The lowest BCUT2D eigenvalue weighted by atomic mass is 10.3. The van der Waals surface area contributed by atoms with Gasteiger partial charge in [0.25, 0.3) is 0 Å². The molecule has 0 aliphatic heterocycles. The van der Waals surface area contributed by atoms with Gasteiger partial charge in [-0.15, -0.1) is 0 Å². The molecule has 6 heteroatoms. The number of ether oxygens (including phenoxy) is 1. The predicted octanol–water partition coefficient (Wildman–Crippen LogP) is 0.762. The first kappa shape index (κ1) is 11.2. The summed E-state index contributed by atoms with van der Waals surface area (Å²) in [6, 6.07) is 1.65. The largest absolute Gasteiger partial charge is 0.481 e. The van der Waals surface area contributed by atoms with Gasteiger partial charge in [0.05, 0.1) is 7.11 Å². The van der Waals surface area contributed by atoms with E-state index in [1.807, 2.05) is 0 Å². The van der Waals surface area contributed by atoms with Crippen molar-refractivity contribution in [3.05, 3.63) is 12.4 Å². The van der Waals surface area contributed by atoms with Crippen LogP contribution in [0.3, 0.4) is 0 Å². The minimum Gasteiger partial charge on any atom is -0.481 e. The number of methoxy groups -OCH3 is 1. The van der Waals surface area contributed by atoms with E-state index in [-0.39, 0.29) is 6.42 Å². The highest BCUT2D eigenvalue weighted by molar-refractivity contribution is 5.66. The number of hydrogen-bond acceptors (Lipinski definition) is 5. The average Bonchev–Trinajstić information content (AvgIpc) is 2.24. The van der Waals surface area contributed by atoms with E-state index in [9.17, 15) is 4.79 Å². The van der Waals surface area contributed by atoms with E-state index in [1.165, 1.54) is 13.4 Å². The Balaban J connectivity index is 2.33. The highest BCUT2D eigenvalue weighted by atomic mass is 16.5. The smallest absolute Gasteiger partial charge is 0.303 e. The van der Waals surface area contributed by atoms with Gasteiger partial charge in [0.15, 0.2) is 0 Å². The highest BCUT2D eigenvalue weighted by Crippen LogP contribution is 2.09. The lowest BCUT2D eigenvalue weighted by Gasteiger charge is -2.04. The van der Waals surface area contributed by atoms with Crippen LogP contribution in [0.4, 0.5) is 5.82 Å². The van der Waals surface area contributed by atoms with Gasteiger partial charge >= 0.3 is 5.97 Å². The Hall–Kier alpha value is -1.85. The summed E-state index contributed by atoms with van der Waals surface area (Å²) in [4.78, 5) is 18.0. The molecule has 0 fully saturated rings. The number of carboxylic acid groups (broad SMARTS) is 1. The summed E-state index contributed by atoms with van der Waals surface area (Å²) >= 11 is 0. The summed E-state index contributed by atoms with van der Waals surface area (Å²) < 4.78 is 4.91. The van der Waals surface area contributed by atoms with E-state index >= 15 is 0 Å². The van der Waals surface area contributed by atoms with Crippen LogP contribution in [0.15, 0.2) is 12.4 Å². The number of nitrogens with one attached hydrogen (secondary N) is 1. The minimum absolute atomic E-state index is 0.148. The molecule has 82 valence electrons. The quantitative estimate of drug-likeness (QED) is 0.676. The maximum atomic E-state index is 10.2. The van der Waals surface area contributed by atoms with Gasteiger partial charge in [0.1, 0.15) is 12.1 Å². The monoisotopic (exact) mass is 211 g/mol. The summed E-state index contributed by atoms with van der Waals surface area (Å²) in [6.07, 6.45) is 2.09. The molecule has 0 saturated carbocycles. The Labute approximate surface area is 87.3 Å². The van der Waals surface area contributed by atoms with E-state index < -0.39 is 5.97 Å². The Bertz CT molecular complexity index is 330. The molecule has 0 atom stereocenters. The first-order valence-electron chi connectivity index (χ1n) is 4.54. The first-order valence-corrected chi connectivity index (χ1v) is 4.54. The van der Waals surface area contributed by atoms with E-state index in [0.717, 1.165) is 0 Å². The molecule has 1 heterocycles. The summed E-state index contributed by atoms with van der Waals surface area (Å²) in [6.45, 7) is 0.562. The second-order valence-electron chi connectivity index (χ2n) is 2.87. The SMILES string of the molecule is COc1cc(NCCCC(=O)O)ncn1. The summed E-state index contributed by atoms with van der Waals surface area (Å²) in [5.74, 6) is 0.315. The van der Waals surface area contributed by atoms with Crippen LogP contribution >= 0.6 is 0 Å². The molecule has 2 N–H and O–H groups in total. The number of aliphatic carboxylic acids is 1. The molecule has 0 spiro atoms. The molecule has 0 aromatic carbocycles. The van der Waals surface area contributed by atoms with Crippen LogP contribution in [-0.2, 0) is 4.79 Å². The van der Waals surface area contributed by atoms with E-state index in [2.05, 4.69) is 15.3 Å². The molecule has 15 heavy (non-hydrogen) atoms. The molecular formula is C9H13N3O3. The second kappa shape index (κ2) is 5.79.